The number of hydrogen-bond donors (Lipinski definition) is 1. The van der Waals surface area contributed by atoms with Crippen LogP contribution < -0.4 is 10.1 Å². The SMILES string of the molecule is CCC(C)c1ccccc1OCC(=O)Nc1ccc(C)cc1Br. The lowest BCUT2D eigenvalue weighted by atomic mass is 9.98. The van der Waals surface area contributed by atoms with Crippen LogP contribution in [0.5, 0.6) is 5.75 Å². The zero-order chi connectivity index (χ0) is 16.8. The first-order chi connectivity index (χ1) is 11.0. The van der Waals surface area contributed by atoms with Gasteiger partial charge >= 0.3 is 0 Å². The molecule has 23 heavy (non-hydrogen) atoms. The molecule has 1 amide bonds. The molecule has 2 rings (SSSR count). The Bertz CT molecular complexity index is 685. The van der Waals surface area contributed by atoms with Crippen LogP contribution in [0.25, 0.3) is 0 Å². The molecular weight excluding hydrogens is 354 g/mol. The van der Waals surface area contributed by atoms with Crippen molar-refractivity contribution >= 4 is 27.5 Å². The third-order valence-electron chi connectivity index (χ3n) is 3.82. The molecule has 0 spiro atoms. The standard InChI is InChI=1S/C19H22BrNO2/c1-4-14(3)15-7-5-6-8-18(15)23-12-19(22)21-17-10-9-13(2)11-16(17)20/h5-11,14H,4,12H2,1-3H3,(H,21,22). The van der Waals surface area contributed by atoms with Gasteiger partial charge in [0.05, 0.1) is 5.69 Å². The predicted molar refractivity (Wildman–Crippen MR) is 98.2 cm³/mol. The summed E-state index contributed by atoms with van der Waals surface area (Å²) in [5.74, 6) is 1.01. The number of rotatable bonds is 6. The number of para-hydroxylation sites is 1. The first-order valence-corrected chi connectivity index (χ1v) is 8.58. The Hall–Kier alpha value is -1.81. The molecular formula is C19H22BrNO2. The van der Waals surface area contributed by atoms with Crippen molar-refractivity contribution in [3.05, 3.63) is 58.1 Å². The van der Waals surface area contributed by atoms with Crippen molar-refractivity contribution in [2.75, 3.05) is 11.9 Å². The molecule has 0 bridgehead atoms. The Morgan fingerprint density at radius 1 is 1.26 bits per heavy atom. The molecule has 0 aliphatic heterocycles. The molecule has 2 aromatic carbocycles. The fourth-order valence-corrected chi connectivity index (χ4v) is 2.88. The fourth-order valence-electron chi connectivity index (χ4n) is 2.29. The average molecular weight is 376 g/mol. The Morgan fingerprint density at radius 2 is 2.00 bits per heavy atom. The molecule has 0 saturated heterocycles. The number of aryl methyl sites for hydroxylation is 1. The number of carbonyl (C=O) groups excluding carboxylic acids is 1. The van der Waals surface area contributed by atoms with E-state index in [0.717, 1.165) is 33.5 Å². The zero-order valence-corrected chi connectivity index (χ0v) is 15.3. The van der Waals surface area contributed by atoms with Crippen LogP contribution in [0.2, 0.25) is 0 Å². The zero-order valence-electron chi connectivity index (χ0n) is 13.7. The van der Waals surface area contributed by atoms with Gasteiger partial charge in [-0.25, -0.2) is 0 Å². The van der Waals surface area contributed by atoms with Gasteiger partial charge in [0.25, 0.3) is 5.91 Å². The largest absolute Gasteiger partial charge is 0.483 e. The summed E-state index contributed by atoms with van der Waals surface area (Å²) in [6, 6.07) is 13.7. The molecule has 3 nitrogen and oxygen atoms in total. The maximum Gasteiger partial charge on any atom is 0.262 e. The van der Waals surface area contributed by atoms with E-state index in [0.29, 0.717) is 5.92 Å². The fraction of sp³-hybridized carbons (Fsp3) is 0.316. The van der Waals surface area contributed by atoms with E-state index in [9.17, 15) is 4.79 Å². The summed E-state index contributed by atoms with van der Waals surface area (Å²) in [5.41, 5.74) is 3.02. The van der Waals surface area contributed by atoms with Crippen molar-refractivity contribution in [3.8, 4) is 5.75 Å². The summed E-state index contributed by atoms with van der Waals surface area (Å²) in [5, 5.41) is 2.86. The molecule has 0 aliphatic carbocycles. The van der Waals surface area contributed by atoms with E-state index in [1.165, 1.54) is 0 Å². The van der Waals surface area contributed by atoms with Gasteiger partial charge in [0.15, 0.2) is 6.61 Å². The van der Waals surface area contributed by atoms with Gasteiger partial charge in [-0.3, -0.25) is 4.79 Å². The number of nitrogens with one attached hydrogen (secondary N) is 1. The minimum absolute atomic E-state index is 0.00619. The minimum Gasteiger partial charge on any atom is -0.483 e. The van der Waals surface area contributed by atoms with E-state index < -0.39 is 0 Å². The van der Waals surface area contributed by atoms with Gasteiger partial charge in [0, 0.05) is 4.47 Å². The molecule has 0 fully saturated rings. The smallest absolute Gasteiger partial charge is 0.262 e. The molecule has 0 aliphatic rings. The molecule has 2 aromatic rings. The molecule has 1 atom stereocenters. The van der Waals surface area contributed by atoms with E-state index >= 15 is 0 Å². The van der Waals surface area contributed by atoms with E-state index in [2.05, 4.69) is 41.2 Å². The van der Waals surface area contributed by atoms with Crippen LogP contribution in [0.4, 0.5) is 5.69 Å². The van der Waals surface area contributed by atoms with Crippen LogP contribution in [-0.4, -0.2) is 12.5 Å². The summed E-state index contributed by atoms with van der Waals surface area (Å²) >= 11 is 3.46. The first kappa shape index (κ1) is 17.5. The van der Waals surface area contributed by atoms with Crippen molar-refractivity contribution in [1.29, 1.82) is 0 Å². The van der Waals surface area contributed by atoms with Gasteiger partial charge in [-0.15, -0.1) is 0 Å². The number of anilines is 1. The number of halogens is 1. The molecule has 122 valence electrons. The highest BCUT2D eigenvalue weighted by Gasteiger charge is 2.12. The van der Waals surface area contributed by atoms with Gasteiger partial charge in [0.1, 0.15) is 5.75 Å². The highest BCUT2D eigenvalue weighted by atomic mass is 79.9. The second-order valence-electron chi connectivity index (χ2n) is 5.67. The van der Waals surface area contributed by atoms with Gasteiger partial charge in [-0.05, 0) is 64.5 Å². The van der Waals surface area contributed by atoms with Gasteiger partial charge in [-0.1, -0.05) is 38.1 Å². The first-order valence-electron chi connectivity index (χ1n) is 7.79. The van der Waals surface area contributed by atoms with Crippen molar-refractivity contribution < 1.29 is 9.53 Å². The van der Waals surface area contributed by atoms with Gasteiger partial charge in [-0.2, -0.15) is 0 Å². The minimum atomic E-state index is -0.173. The predicted octanol–water partition coefficient (Wildman–Crippen LogP) is 5.29. The lowest BCUT2D eigenvalue weighted by Gasteiger charge is -2.15. The van der Waals surface area contributed by atoms with Gasteiger partial charge < -0.3 is 10.1 Å². The van der Waals surface area contributed by atoms with Crippen LogP contribution in [0.1, 0.15) is 37.3 Å². The Labute approximate surface area is 146 Å². The van der Waals surface area contributed by atoms with Crippen LogP contribution in [0, 0.1) is 6.92 Å². The van der Waals surface area contributed by atoms with E-state index in [4.69, 9.17) is 4.74 Å². The summed E-state index contributed by atoms with van der Waals surface area (Å²) < 4.78 is 6.60. The van der Waals surface area contributed by atoms with E-state index in [-0.39, 0.29) is 12.5 Å². The number of hydrogen-bond acceptors (Lipinski definition) is 2. The number of amides is 1. The molecule has 0 heterocycles. The molecule has 4 heteroatoms. The van der Waals surface area contributed by atoms with Crippen molar-refractivity contribution in [3.63, 3.8) is 0 Å². The summed E-state index contributed by atoms with van der Waals surface area (Å²) in [4.78, 5) is 12.1. The van der Waals surface area contributed by atoms with Crippen LogP contribution in [0.3, 0.4) is 0 Å². The number of carbonyl (C=O) groups is 1. The maximum absolute atomic E-state index is 12.1. The average Bonchev–Trinajstić information content (AvgIpc) is 2.55. The number of ether oxygens (including phenoxy) is 1. The van der Waals surface area contributed by atoms with Crippen molar-refractivity contribution in [2.24, 2.45) is 0 Å². The van der Waals surface area contributed by atoms with Gasteiger partial charge in [0.2, 0.25) is 0 Å². The van der Waals surface area contributed by atoms with E-state index in [1.54, 1.807) is 0 Å². The normalized spacial score (nSPS) is 11.8. The lowest BCUT2D eigenvalue weighted by Crippen LogP contribution is -2.20. The third-order valence-corrected chi connectivity index (χ3v) is 4.48. The molecule has 0 saturated carbocycles. The second kappa shape index (κ2) is 8.16. The Kier molecular flexibility index (Phi) is 6.22. The topological polar surface area (TPSA) is 38.3 Å². The van der Waals surface area contributed by atoms with Crippen molar-refractivity contribution in [2.45, 2.75) is 33.1 Å². The highest BCUT2D eigenvalue weighted by Crippen LogP contribution is 2.28. The quantitative estimate of drug-likeness (QED) is 0.744. The Morgan fingerprint density at radius 3 is 2.70 bits per heavy atom. The highest BCUT2D eigenvalue weighted by molar-refractivity contribution is 9.10. The van der Waals surface area contributed by atoms with Crippen LogP contribution in [0.15, 0.2) is 46.9 Å². The molecule has 0 radical (unpaired) electrons. The maximum atomic E-state index is 12.1. The molecule has 1 unspecified atom stereocenters. The Balaban J connectivity index is 2.00. The van der Waals surface area contributed by atoms with E-state index in [1.807, 2.05) is 43.3 Å². The third kappa shape index (κ3) is 4.83. The monoisotopic (exact) mass is 375 g/mol. The second-order valence-corrected chi connectivity index (χ2v) is 6.52. The van der Waals surface area contributed by atoms with Crippen molar-refractivity contribution in [1.82, 2.24) is 0 Å². The molecule has 1 N–H and O–H groups in total. The molecule has 0 aromatic heterocycles. The summed E-state index contributed by atoms with van der Waals surface area (Å²) in [6.45, 7) is 6.30. The van der Waals surface area contributed by atoms with Crippen LogP contribution >= 0.6 is 15.9 Å². The summed E-state index contributed by atoms with van der Waals surface area (Å²) in [6.07, 6.45) is 1.03. The lowest BCUT2D eigenvalue weighted by molar-refractivity contribution is -0.118. The summed E-state index contributed by atoms with van der Waals surface area (Å²) in [7, 11) is 0. The number of benzene rings is 2. The van der Waals surface area contributed by atoms with Crippen LogP contribution in [-0.2, 0) is 4.79 Å².